The molecule has 0 amide bonds. The van der Waals surface area contributed by atoms with Gasteiger partial charge in [0.25, 0.3) is 0 Å². The molecule has 18 heteroatoms. The Bertz CT molecular complexity index is 456. The number of hydroxylamine groups is 1. The molecule has 0 heterocycles. The highest BCUT2D eigenvalue weighted by molar-refractivity contribution is 7.73. The van der Waals surface area contributed by atoms with Crippen LogP contribution in [0.15, 0.2) is 0 Å². The van der Waals surface area contributed by atoms with Crippen LogP contribution in [0.5, 0.6) is 0 Å². The van der Waals surface area contributed by atoms with Crippen LogP contribution >= 0.6 is 30.4 Å². The van der Waals surface area contributed by atoms with Gasteiger partial charge in [-0.3, -0.25) is 18.3 Å². The van der Waals surface area contributed by atoms with E-state index in [0.29, 0.717) is 0 Å². The average molecular weight is 395 g/mol. The minimum atomic E-state index is -5.84. The van der Waals surface area contributed by atoms with Crippen LogP contribution in [0.4, 0.5) is 0 Å². The molecule has 14 nitrogen and oxygen atoms in total. The van der Waals surface area contributed by atoms with Crippen molar-refractivity contribution in [2.75, 3.05) is 0 Å². The molecule has 0 spiro atoms. The summed E-state index contributed by atoms with van der Waals surface area (Å²) in [4.78, 5) is 70.9. The van der Waals surface area contributed by atoms with Gasteiger partial charge < -0.3 is 44.4 Å². The van der Waals surface area contributed by atoms with Gasteiger partial charge in [-0.05, 0) is 0 Å². The van der Waals surface area contributed by atoms with Gasteiger partial charge in [-0.2, -0.15) is 5.48 Å². The van der Waals surface area contributed by atoms with E-state index in [0.717, 1.165) is 5.48 Å². The van der Waals surface area contributed by atoms with Gasteiger partial charge in [0.1, 0.15) is 0 Å². The Balaban J connectivity index is 6.30. The van der Waals surface area contributed by atoms with Crippen molar-refractivity contribution >= 4 is 30.4 Å². The van der Waals surface area contributed by atoms with Gasteiger partial charge in [0.2, 0.25) is 0 Å². The molecular weight excluding hydrogens is 382 g/mol. The molecule has 0 aromatic carbocycles. The lowest BCUT2D eigenvalue weighted by Crippen LogP contribution is -2.46. The van der Waals surface area contributed by atoms with E-state index in [1.165, 1.54) is 0 Å². The van der Waals surface area contributed by atoms with Crippen molar-refractivity contribution in [2.45, 2.75) is 16.8 Å². The summed E-state index contributed by atoms with van der Waals surface area (Å²) in [6.45, 7) is 0. The van der Waals surface area contributed by atoms with Gasteiger partial charge >= 0.3 is 30.4 Å². The quantitative estimate of drug-likeness (QED) is 0.160. The van der Waals surface area contributed by atoms with E-state index >= 15 is 0 Å². The first-order valence-electron chi connectivity index (χ1n) is 4.54. The first-order valence-corrected chi connectivity index (χ1v) is 11.3. The van der Waals surface area contributed by atoms with Gasteiger partial charge in [0.15, 0.2) is 10.8 Å². The molecule has 0 aliphatic carbocycles. The van der Waals surface area contributed by atoms with Crippen LogP contribution in [0, 0.1) is 0 Å². The van der Waals surface area contributed by atoms with E-state index in [-0.39, 0.29) is 0 Å². The fraction of sp³-hybridized carbons (Fsp3) is 1.00. The zero-order valence-electron chi connectivity index (χ0n) is 9.68. The van der Waals surface area contributed by atoms with Crippen molar-refractivity contribution in [1.29, 1.82) is 0 Å². The molecule has 0 aliphatic heterocycles. The number of rotatable bonds is 7. The van der Waals surface area contributed by atoms with Gasteiger partial charge in [-0.25, -0.2) is 0 Å². The van der Waals surface area contributed by atoms with Crippen LogP contribution in [0.25, 0.3) is 0 Å². The van der Waals surface area contributed by atoms with Crippen LogP contribution in [0.2, 0.25) is 0 Å². The minimum Gasteiger partial charge on any atom is -0.324 e. The predicted molar refractivity (Wildman–Crippen MR) is 64.5 cm³/mol. The maximum atomic E-state index is 11.1. The molecule has 0 unspecified atom stereocenters. The second-order valence-corrected chi connectivity index (χ2v) is 11.6. The van der Waals surface area contributed by atoms with Crippen molar-refractivity contribution in [3.63, 3.8) is 0 Å². The smallest absolute Gasteiger partial charge is 0.324 e. The van der Waals surface area contributed by atoms with E-state index in [1.807, 2.05) is 0 Å². The number of hydrogen-bond donors (Lipinski definition) is 10. The fourth-order valence-corrected chi connectivity index (χ4v) is 7.82. The Hall–Kier alpha value is 0.520. The highest BCUT2D eigenvalue weighted by Gasteiger charge is 2.60. The van der Waals surface area contributed by atoms with Crippen molar-refractivity contribution in [3.8, 4) is 0 Å². The summed E-state index contributed by atoms with van der Waals surface area (Å²) < 4.78 is 44.3. The fourth-order valence-electron chi connectivity index (χ4n) is 1.52. The molecule has 0 bridgehead atoms. The molecule has 0 atom stereocenters. The minimum absolute atomic E-state index is 0.760. The molecule has 0 fully saturated rings. The Morgan fingerprint density at radius 3 is 0.857 bits per heavy atom. The molecule has 128 valence electrons. The van der Waals surface area contributed by atoms with E-state index in [9.17, 15) is 18.3 Å². The van der Waals surface area contributed by atoms with Crippen LogP contribution in [0.1, 0.15) is 0 Å². The SMILES string of the molecule is O=P(O)(O)C(C(NO)C(P(=O)(O)O)P(=O)(O)O)P(=O)(O)O. The lowest BCUT2D eigenvalue weighted by atomic mass is 10.4. The van der Waals surface area contributed by atoms with E-state index in [4.69, 9.17) is 44.4 Å². The summed E-state index contributed by atoms with van der Waals surface area (Å²) in [6.07, 6.45) is 0. The van der Waals surface area contributed by atoms with Crippen molar-refractivity contribution < 1.29 is 62.6 Å². The molecule has 0 saturated heterocycles. The molecule has 0 saturated carbocycles. The van der Waals surface area contributed by atoms with Crippen molar-refractivity contribution in [3.05, 3.63) is 0 Å². The predicted octanol–water partition coefficient (Wildman–Crippen LogP) is -2.30. The van der Waals surface area contributed by atoms with Gasteiger partial charge in [0.05, 0.1) is 6.04 Å². The number of hydrogen-bond acceptors (Lipinski definition) is 6. The third-order valence-corrected chi connectivity index (χ3v) is 9.82. The van der Waals surface area contributed by atoms with Gasteiger partial charge in [-0.1, -0.05) is 0 Å². The van der Waals surface area contributed by atoms with Crippen LogP contribution in [-0.4, -0.2) is 61.2 Å². The standard InChI is InChI=1S/C3H13NO13P4/c5-4-1(2(18(6,7)8)19(9,10)11)3(20(12,13)14)21(15,16)17/h1-5H,(H2,6,7,8)(H2,9,10,11)(H2,12,13,14)(H2,15,16,17). The Labute approximate surface area is 116 Å². The molecule has 0 aromatic heterocycles. The highest BCUT2D eigenvalue weighted by Crippen LogP contribution is 2.68. The average Bonchev–Trinajstić information content (AvgIpc) is 2.06. The number of nitrogens with one attached hydrogen (secondary N) is 1. The Morgan fingerprint density at radius 2 is 0.762 bits per heavy atom. The largest absolute Gasteiger partial charge is 0.342 e. The summed E-state index contributed by atoms with van der Waals surface area (Å²) in [5, 5.41) is 2.11. The van der Waals surface area contributed by atoms with Crippen molar-refractivity contribution in [2.24, 2.45) is 0 Å². The lowest BCUT2D eigenvalue weighted by Gasteiger charge is -2.33. The Kier molecular flexibility index (Phi) is 6.72. The molecule has 0 rings (SSSR count). The van der Waals surface area contributed by atoms with Crippen LogP contribution < -0.4 is 5.48 Å². The van der Waals surface area contributed by atoms with Gasteiger partial charge in [0, 0.05) is 0 Å². The van der Waals surface area contributed by atoms with Crippen LogP contribution in [0.3, 0.4) is 0 Å². The first-order chi connectivity index (χ1) is 8.94. The summed E-state index contributed by atoms with van der Waals surface area (Å²) in [5.41, 5.74) is 0.760. The normalized spacial score (nSPS) is 15.2. The first kappa shape index (κ1) is 21.5. The lowest BCUT2D eigenvalue weighted by molar-refractivity contribution is 0.122. The molecule has 21 heavy (non-hydrogen) atoms. The Morgan fingerprint density at radius 1 is 0.571 bits per heavy atom. The van der Waals surface area contributed by atoms with E-state index in [2.05, 4.69) is 0 Å². The third-order valence-electron chi connectivity index (χ3n) is 2.17. The zero-order valence-corrected chi connectivity index (χ0v) is 13.3. The van der Waals surface area contributed by atoms with E-state index < -0.39 is 47.2 Å². The summed E-state index contributed by atoms with van der Waals surface area (Å²) in [7, 11) is -23.3. The topological polar surface area (TPSA) is 262 Å². The maximum absolute atomic E-state index is 11.1. The second kappa shape index (κ2) is 6.56. The summed E-state index contributed by atoms with van der Waals surface area (Å²) in [5.74, 6) is 0. The second-order valence-electron chi connectivity index (χ2n) is 3.84. The summed E-state index contributed by atoms with van der Waals surface area (Å²) in [6, 6.07) is -2.99. The molecule has 0 aliphatic rings. The third kappa shape index (κ3) is 5.91. The van der Waals surface area contributed by atoms with Crippen molar-refractivity contribution in [1.82, 2.24) is 5.48 Å². The monoisotopic (exact) mass is 395 g/mol. The van der Waals surface area contributed by atoms with E-state index in [1.54, 1.807) is 0 Å². The van der Waals surface area contributed by atoms with Crippen LogP contribution in [-0.2, 0) is 18.3 Å². The molecular formula is C3H13NO13P4. The zero-order chi connectivity index (χ0) is 17.4. The van der Waals surface area contributed by atoms with Gasteiger partial charge in [-0.15, -0.1) is 0 Å². The molecule has 0 radical (unpaired) electrons. The summed E-state index contributed by atoms with van der Waals surface area (Å²) >= 11 is 0. The molecule has 0 aromatic rings. The maximum Gasteiger partial charge on any atom is 0.342 e. The molecule has 10 N–H and O–H groups in total. The highest BCUT2D eigenvalue weighted by atomic mass is 31.2.